The van der Waals surface area contributed by atoms with E-state index in [-0.39, 0.29) is 12.6 Å². The average molecular weight is 1150 g/mol. The predicted octanol–water partition coefficient (Wildman–Crippen LogP) is 6.81. The maximum atomic E-state index is 12.6. The molecule has 80 heavy (non-hydrogen) atoms. The molecule has 3 rings (SSSR count). The summed E-state index contributed by atoms with van der Waals surface area (Å²) in [7, 11) is 0. The van der Waals surface area contributed by atoms with Gasteiger partial charge >= 0.3 is 0 Å². The Kier molecular flexibility index (Phi) is 39.6. The van der Waals surface area contributed by atoms with Crippen molar-refractivity contribution in [2.45, 2.75) is 344 Å². The summed E-state index contributed by atoms with van der Waals surface area (Å²) in [5, 5.41) is 114. The molecule has 0 aromatic carbocycles. The molecule has 12 N–H and O–H groups in total. The van der Waals surface area contributed by atoms with E-state index in [1.807, 2.05) is 0 Å². The van der Waals surface area contributed by atoms with Gasteiger partial charge in [0.25, 0.3) is 5.97 Å². The summed E-state index contributed by atoms with van der Waals surface area (Å²) in [4.78, 5) is 12.6. The van der Waals surface area contributed by atoms with Crippen LogP contribution in [-0.4, -0.2) is 188 Å². The Bertz CT molecular complexity index is 1510. The standard InChI is InChI=1S/C61H118N2O17/c1-5-7-9-11-13-15-17-18-19-20-21-22-23-24-25-26-27-28-30-32-34-36-38-62-46(37-35-33-31-29-16-14-12-10-8-6-2)42-75-59-51(63-45(4)66)54(71)58(49(41-65)77-59)79-60-56(73)55(72)53(70)50(78-60)43-76-61(74)39-47(67)44(3)57(80-61)52(69)48(68)40-64/h44,46-60,62,64-65,67-74H,5-43H2,1-4H3,(H,63,66)/t44-,46?,47-,48-,49?,50?,51?,52-,53+,54-,55+,56?,57?,58-,59-,60+,61-/m1/s1. The van der Waals surface area contributed by atoms with Crippen molar-refractivity contribution in [1.82, 2.24) is 10.6 Å². The molecule has 3 fully saturated rings. The number of rotatable bonds is 48. The van der Waals surface area contributed by atoms with E-state index in [1.165, 1.54) is 187 Å². The predicted molar refractivity (Wildman–Crippen MR) is 307 cm³/mol. The van der Waals surface area contributed by atoms with Gasteiger partial charge in [0.05, 0.1) is 45.1 Å². The molecule has 3 saturated heterocycles. The number of carbonyl (C=O) groups excluding carboxylic acids is 1. The second-order valence-corrected chi connectivity index (χ2v) is 23.9. The number of aliphatic hydroxyl groups excluding tert-OH is 9. The Morgan fingerprint density at radius 3 is 1.54 bits per heavy atom. The largest absolute Gasteiger partial charge is 0.394 e. The molecule has 0 spiro atoms. The molecular formula is C61H118N2O17. The molecule has 17 atom stereocenters. The number of hydrogen-bond acceptors (Lipinski definition) is 18. The highest BCUT2D eigenvalue weighted by atomic mass is 16.8. The minimum Gasteiger partial charge on any atom is -0.394 e. The average Bonchev–Trinajstić information content (AvgIpc) is 3.50. The van der Waals surface area contributed by atoms with Crippen LogP contribution in [0.15, 0.2) is 0 Å². The first kappa shape index (κ1) is 73.0. The molecule has 0 saturated carbocycles. The molecule has 0 aromatic rings. The molecule has 0 bridgehead atoms. The van der Waals surface area contributed by atoms with Crippen molar-refractivity contribution in [3.8, 4) is 0 Å². The summed E-state index contributed by atoms with van der Waals surface area (Å²) < 4.78 is 35.6. The van der Waals surface area contributed by atoms with Gasteiger partial charge in [0.2, 0.25) is 5.91 Å². The van der Waals surface area contributed by atoms with Crippen LogP contribution in [0.1, 0.15) is 246 Å². The van der Waals surface area contributed by atoms with Gasteiger partial charge in [0.15, 0.2) is 12.6 Å². The van der Waals surface area contributed by atoms with Crippen LogP contribution in [0.2, 0.25) is 0 Å². The molecule has 3 aliphatic rings. The summed E-state index contributed by atoms with van der Waals surface area (Å²) in [5.74, 6) is -3.93. The lowest BCUT2D eigenvalue weighted by Gasteiger charge is -2.48. The Morgan fingerprint density at radius 1 is 0.613 bits per heavy atom. The van der Waals surface area contributed by atoms with E-state index in [4.69, 9.17) is 28.4 Å². The number of unbranched alkanes of at least 4 members (excludes halogenated alkanes) is 30. The third-order valence-electron chi connectivity index (χ3n) is 16.8. The summed E-state index contributed by atoms with van der Waals surface area (Å²) in [6, 6.07) is -1.27. The van der Waals surface area contributed by atoms with Gasteiger partial charge in [0.1, 0.15) is 61.0 Å². The number of ether oxygens (including phenoxy) is 6. The van der Waals surface area contributed by atoms with E-state index >= 15 is 0 Å². The van der Waals surface area contributed by atoms with E-state index in [0.29, 0.717) is 0 Å². The Balaban J connectivity index is 1.50. The van der Waals surface area contributed by atoms with E-state index < -0.39 is 130 Å². The highest BCUT2D eigenvalue weighted by Crippen LogP contribution is 2.36. The van der Waals surface area contributed by atoms with Gasteiger partial charge in [-0.2, -0.15) is 0 Å². The maximum absolute atomic E-state index is 12.6. The molecule has 3 heterocycles. The van der Waals surface area contributed by atoms with E-state index in [1.54, 1.807) is 0 Å². The highest BCUT2D eigenvalue weighted by molar-refractivity contribution is 5.73. The van der Waals surface area contributed by atoms with Crippen LogP contribution >= 0.6 is 0 Å². The van der Waals surface area contributed by atoms with E-state index in [2.05, 4.69) is 24.5 Å². The number of nitrogens with one attached hydrogen (secondary N) is 2. The number of aliphatic hydroxyl groups is 10. The van der Waals surface area contributed by atoms with Gasteiger partial charge in [0, 0.05) is 18.9 Å². The van der Waals surface area contributed by atoms with E-state index in [9.17, 15) is 55.9 Å². The summed E-state index contributed by atoms with van der Waals surface area (Å²) >= 11 is 0. The fourth-order valence-corrected chi connectivity index (χ4v) is 11.5. The molecule has 474 valence electrons. The second kappa shape index (κ2) is 43.4. The van der Waals surface area contributed by atoms with Gasteiger partial charge in [-0.3, -0.25) is 4.79 Å². The number of amides is 1. The zero-order valence-electron chi connectivity index (χ0n) is 50.1. The van der Waals surface area contributed by atoms with Crippen LogP contribution in [-0.2, 0) is 33.2 Å². The van der Waals surface area contributed by atoms with Gasteiger partial charge in [-0.25, -0.2) is 0 Å². The normalized spacial score (nSPS) is 30.4. The molecule has 19 heteroatoms. The number of hydrogen-bond donors (Lipinski definition) is 12. The van der Waals surface area contributed by atoms with Gasteiger partial charge in [-0.05, 0) is 19.4 Å². The van der Waals surface area contributed by atoms with Gasteiger partial charge in [-0.15, -0.1) is 0 Å². The first-order valence-electron chi connectivity index (χ1n) is 32.2. The lowest BCUT2D eigenvalue weighted by atomic mass is 9.87. The third kappa shape index (κ3) is 28.3. The van der Waals surface area contributed by atoms with Crippen LogP contribution in [0.4, 0.5) is 0 Å². The molecule has 0 aromatic heterocycles. The lowest BCUT2D eigenvalue weighted by Crippen LogP contribution is -2.68. The Morgan fingerprint density at radius 2 is 1.07 bits per heavy atom. The second-order valence-electron chi connectivity index (χ2n) is 23.9. The minimum absolute atomic E-state index is 0.0519. The first-order chi connectivity index (χ1) is 38.6. The van der Waals surface area contributed by atoms with E-state index in [0.717, 1.165) is 45.1 Å². The summed E-state index contributed by atoms with van der Waals surface area (Å²) in [6.07, 6.45) is 21.1. The maximum Gasteiger partial charge on any atom is 0.283 e. The van der Waals surface area contributed by atoms with Crippen LogP contribution < -0.4 is 10.6 Å². The zero-order valence-corrected chi connectivity index (χ0v) is 50.1. The highest BCUT2D eigenvalue weighted by Gasteiger charge is 2.53. The van der Waals surface area contributed by atoms with Crippen LogP contribution in [0.3, 0.4) is 0 Å². The Labute approximate surface area is 482 Å². The van der Waals surface area contributed by atoms with Gasteiger partial charge < -0.3 is 90.1 Å². The lowest BCUT2D eigenvalue weighted by molar-refractivity contribution is -0.427. The van der Waals surface area contributed by atoms with Crippen molar-refractivity contribution in [3.05, 3.63) is 0 Å². The van der Waals surface area contributed by atoms with Crippen molar-refractivity contribution in [2.75, 3.05) is 33.0 Å². The SMILES string of the molecule is CCCCCCCCCCCCCCCCCCCCCCCCNC(CCCCCCCCCCCC)CO[C@@H]1OC(CO)[C@@H](O[C@@H]2OC(CO[C@]3(O)C[C@@H](O)[C@@H](C)C([C@H](O)[C@H](O)CO)O3)[C@H](O)[C@H](O)C2O)[C@H](O)C1NC(C)=O. The molecule has 1 amide bonds. The smallest absolute Gasteiger partial charge is 0.283 e. The molecule has 3 aliphatic heterocycles. The van der Waals surface area contributed by atoms with Crippen LogP contribution in [0, 0.1) is 5.92 Å². The molecular weight excluding hydrogens is 1030 g/mol. The van der Waals surface area contributed by atoms with Crippen LogP contribution in [0.5, 0.6) is 0 Å². The molecule has 19 nitrogen and oxygen atoms in total. The topological polar surface area (TPSA) is 299 Å². The van der Waals surface area contributed by atoms with Crippen molar-refractivity contribution < 1.29 is 84.3 Å². The van der Waals surface area contributed by atoms with Crippen molar-refractivity contribution >= 4 is 5.91 Å². The minimum atomic E-state index is -2.60. The zero-order chi connectivity index (χ0) is 58.5. The monoisotopic (exact) mass is 1150 g/mol. The van der Waals surface area contributed by atoms with Gasteiger partial charge in [-0.1, -0.05) is 220 Å². The van der Waals surface area contributed by atoms with Crippen LogP contribution in [0.25, 0.3) is 0 Å². The molecule has 0 aliphatic carbocycles. The third-order valence-corrected chi connectivity index (χ3v) is 16.8. The van der Waals surface area contributed by atoms with Crippen molar-refractivity contribution in [3.63, 3.8) is 0 Å². The molecule has 6 unspecified atom stereocenters. The number of carbonyl (C=O) groups is 1. The van der Waals surface area contributed by atoms with Crippen molar-refractivity contribution in [2.24, 2.45) is 5.92 Å². The molecule has 0 radical (unpaired) electrons. The fourth-order valence-electron chi connectivity index (χ4n) is 11.5. The summed E-state index contributed by atoms with van der Waals surface area (Å²) in [6.45, 7) is 6.02. The Hall–Kier alpha value is -1.21. The fraction of sp³-hybridized carbons (Fsp3) is 0.984. The summed E-state index contributed by atoms with van der Waals surface area (Å²) in [5.41, 5.74) is 0. The van der Waals surface area contributed by atoms with Crippen molar-refractivity contribution in [1.29, 1.82) is 0 Å². The quantitative estimate of drug-likeness (QED) is 0.0220. The first-order valence-corrected chi connectivity index (χ1v) is 32.2.